The summed E-state index contributed by atoms with van der Waals surface area (Å²) in [7, 11) is -0.246. The van der Waals surface area contributed by atoms with Crippen LogP contribution in [0, 0.1) is 17.3 Å². The lowest BCUT2D eigenvalue weighted by atomic mass is 9.43. The molecule has 3 nitrogen and oxygen atoms in total. The van der Waals surface area contributed by atoms with Crippen molar-refractivity contribution in [2.75, 3.05) is 0 Å². The van der Waals surface area contributed by atoms with E-state index in [1.54, 1.807) is 0 Å². The van der Waals surface area contributed by atoms with Gasteiger partial charge >= 0.3 is 7.12 Å². The number of nitrogens with two attached hydrogens (primary N) is 1. The lowest BCUT2D eigenvalue weighted by Crippen LogP contribution is -2.65. The molecule has 0 amide bonds. The third-order valence-corrected chi connectivity index (χ3v) is 6.93. The second kappa shape index (κ2) is 5.33. The molecule has 0 spiro atoms. The van der Waals surface area contributed by atoms with E-state index in [9.17, 15) is 0 Å². The minimum Gasteiger partial charge on any atom is -0.404 e. The van der Waals surface area contributed by atoms with Crippen molar-refractivity contribution in [1.29, 1.82) is 0 Å². The molecule has 0 unspecified atom stereocenters. The quantitative estimate of drug-likeness (QED) is 0.868. The van der Waals surface area contributed by atoms with Crippen LogP contribution in [0.25, 0.3) is 0 Å². The van der Waals surface area contributed by atoms with Crippen molar-refractivity contribution >= 4 is 7.12 Å². The highest BCUT2D eigenvalue weighted by Crippen LogP contribution is 2.65. The van der Waals surface area contributed by atoms with Gasteiger partial charge in [-0.05, 0) is 55.4 Å². The zero-order valence-electron chi connectivity index (χ0n) is 14.5. The number of aryl methyl sites for hydroxylation is 1. The van der Waals surface area contributed by atoms with Gasteiger partial charge in [-0.3, -0.25) is 0 Å². The first kappa shape index (κ1) is 15.7. The van der Waals surface area contributed by atoms with E-state index < -0.39 is 0 Å². The van der Waals surface area contributed by atoms with Crippen LogP contribution in [0.3, 0.4) is 0 Å². The molecule has 5 rings (SSSR count). The third-order valence-electron chi connectivity index (χ3n) is 6.93. The average molecular weight is 313 g/mol. The van der Waals surface area contributed by atoms with Gasteiger partial charge in [-0.2, -0.15) is 0 Å². The van der Waals surface area contributed by atoms with Crippen molar-refractivity contribution in [3.05, 3.63) is 35.9 Å². The van der Waals surface area contributed by atoms with Crippen LogP contribution in [0.4, 0.5) is 0 Å². The van der Waals surface area contributed by atoms with Crippen LogP contribution in [0.1, 0.15) is 45.6 Å². The van der Waals surface area contributed by atoms with Gasteiger partial charge in [0.2, 0.25) is 0 Å². The van der Waals surface area contributed by atoms with Crippen LogP contribution in [0.15, 0.2) is 30.3 Å². The molecule has 0 aromatic heterocycles. The molecule has 2 N–H and O–H groups in total. The van der Waals surface area contributed by atoms with Gasteiger partial charge < -0.3 is 15.0 Å². The van der Waals surface area contributed by atoms with E-state index in [4.69, 9.17) is 15.0 Å². The molecule has 1 aromatic rings. The monoisotopic (exact) mass is 313 g/mol. The Kier molecular flexibility index (Phi) is 3.64. The smallest absolute Gasteiger partial charge is 0.404 e. The Labute approximate surface area is 140 Å². The van der Waals surface area contributed by atoms with Crippen LogP contribution < -0.4 is 5.73 Å². The van der Waals surface area contributed by atoms with Gasteiger partial charge in [0.25, 0.3) is 0 Å². The largest absolute Gasteiger partial charge is 0.475 e. The summed E-state index contributed by atoms with van der Waals surface area (Å²) in [5.74, 6) is 1.33. The molecule has 0 radical (unpaired) electrons. The Morgan fingerprint density at radius 3 is 2.65 bits per heavy atom. The molecule has 124 valence electrons. The minimum atomic E-state index is -0.246. The summed E-state index contributed by atoms with van der Waals surface area (Å²) in [6.45, 7) is 7.03. The van der Waals surface area contributed by atoms with E-state index in [2.05, 4.69) is 45.0 Å². The number of hydrogen-bond acceptors (Lipinski definition) is 3. The van der Waals surface area contributed by atoms with E-state index in [0.717, 1.165) is 25.2 Å². The maximum absolute atomic E-state index is 6.44. The molecule has 1 heterocycles. The van der Waals surface area contributed by atoms with Crippen LogP contribution in [0.2, 0.25) is 0 Å². The first-order valence-corrected chi connectivity index (χ1v) is 9.04. The average Bonchev–Trinajstić information content (AvgIpc) is 2.90. The summed E-state index contributed by atoms with van der Waals surface area (Å²) in [4.78, 5) is 0. The number of hydrogen-bond donors (Lipinski definition) is 1. The van der Waals surface area contributed by atoms with Gasteiger partial charge in [0, 0.05) is 5.94 Å². The van der Waals surface area contributed by atoms with Gasteiger partial charge in [-0.25, -0.2) is 0 Å². The molecule has 5 atom stereocenters. The molecule has 4 aliphatic rings. The van der Waals surface area contributed by atoms with Crippen LogP contribution >= 0.6 is 0 Å². The summed E-state index contributed by atoms with van der Waals surface area (Å²) >= 11 is 0. The van der Waals surface area contributed by atoms with Gasteiger partial charge in [-0.1, -0.05) is 44.2 Å². The van der Waals surface area contributed by atoms with Gasteiger partial charge in [0.15, 0.2) is 0 Å². The fraction of sp³-hybridized carbons (Fsp3) is 0.684. The molecule has 4 heteroatoms. The third kappa shape index (κ3) is 2.38. The molecule has 1 aromatic carbocycles. The predicted molar refractivity (Wildman–Crippen MR) is 92.9 cm³/mol. The summed E-state index contributed by atoms with van der Waals surface area (Å²) in [5, 5.41) is 0. The Morgan fingerprint density at radius 1 is 1.22 bits per heavy atom. The summed E-state index contributed by atoms with van der Waals surface area (Å²) in [6.07, 6.45) is 4.52. The fourth-order valence-corrected chi connectivity index (χ4v) is 5.20. The lowest BCUT2D eigenvalue weighted by molar-refractivity contribution is -0.199. The maximum Gasteiger partial charge on any atom is 0.475 e. The molecule has 3 saturated carbocycles. The second-order valence-corrected chi connectivity index (χ2v) is 8.53. The van der Waals surface area contributed by atoms with Crippen molar-refractivity contribution < 1.29 is 9.31 Å². The van der Waals surface area contributed by atoms with Crippen LogP contribution in [0.5, 0.6) is 0 Å². The SMILES string of the molecule is CC1(C)[C@H]2C[C@H]1[C@]1(C)OB([C@@H](N)CCc3ccccc3)O[C@@H]1C2. The molecule has 4 fully saturated rings. The first-order chi connectivity index (χ1) is 10.9. The number of rotatable bonds is 4. The van der Waals surface area contributed by atoms with Crippen molar-refractivity contribution in [2.24, 2.45) is 23.0 Å². The second-order valence-electron chi connectivity index (χ2n) is 8.53. The topological polar surface area (TPSA) is 44.5 Å². The van der Waals surface area contributed by atoms with Crippen molar-refractivity contribution in [1.82, 2.24) is 0 Å². The maximum atomic E-state index is 6.44. The zero-order valence-corrected chi connectivity index (χ0v) is 14.5. The van der Waals surface area contributed by atoms with E-state index in [-0.39, 0.29) is 24.8 Å². The predicted octanol–water partition coefficient (Wildman–Crippen LogP) is 3.21. The Morgan fingerprint density at radius 2 is 1.96 bits per heavy atom. The highest BCUT2D eigenvalue weighted by Gasteiger charge is 2.68. The lowest BCUT2D eigenvalue weighted by Gasteiger charge is -2.64. The molecule has 2 bridgehead atoms. The Balaban J connectivity index is 1.40. The molecular weight excluding hydrogens is 285 g/mol. The molecular formula is C19H28BNO2. The zero-order chi connectivity index (χ0) is 16.2. The van der Waals surface area contributed by atoms with Crippen LogP contribution in [-0.4, -0.2) is 24.8 Å². The summed E-state index contributed by atoms with van der Waals surface area (Å²) < 4.78 is 12.7. The van der Waals surface area contributed by atoms with E-state index in [0.29, 0.717) is 11.3 Å². The first-order valence-electron chi connectivity index (χ1n) is 9.04. The standard InChI is InChI=1S/C19H28BNO2/c1-18(2)14-11-15(18)19(3)16(12-14)22-20(23-19)17(21)10-9-13-7-5-4-6-8-13/h4-8,14-17H,9-12,21H2,1-3H3/t14-,15+,16+,17-,19-/m0/s1. The molecule has 1 aliphatic heterocycles. The van der Waals surface area contributed by atoms with Gasteiger partial charge in [0.05, 0.1) is 11.7 Å². The highest BCUT2D eigenvalue weighted by molar-refractivity contribution is 6.47. The normalized spacial score (nSPS) is 38.8. The minimum absolute atomic E-state index is 0.0575. The van der Waals surface area contributed by atoms with E-state index >= 15 is 0 Å². The summed E-state index contributed by atoms with van der Waals surface area (Å²) in [6, 6.07) is 10.5. The highest BCUT2D eigenvalue weighted by atomic mass is 16.7. The Bertz CT molecular complexity index is 578. The Hall–Kier alpha value is -0.835. The summed E-state index contributed by atoms with van der Waals surface area (Å²) in [5.41, 5.74) is 7.98. The van der Waals surface area contributed by atoms with Crippen LogP contribution in [-0.2, 0) is 15.7 Å². The van der Waals surface area contributed by atoms with E-state index in [1.807, 2.05) is 6.07 Å². The van der Waals surface area contributed by atoms with Crippen molar-refractivity contribution in [3.8, 4) is 0 Å². The number of benzene rings is 1. The fourth-order valence-electron chi connectivity index (χ4n) is 5.20. The van der Waals surface area contributed by atoms with Gasteiger partial charge in [-0.15, -0.1) is 0 Å². The van der Waals surface area contributed by atoms with Gasteiger partial charge in [0.1, 0.15) is 0 Å². The molecule has 23 heavy (non-hydrogen) atoms. The molecule has 3 aliphatic carbocycles. The van der Waals surface area contributed by atoms with Crippen molar-refractivity contribution in [2.45, 2.75) is 64.1 Å². The molecule has 1 saturated heterocycles. The van der Waals surface area contributed by atoms with Crippen molar-refractivity contribution in [3.63, 3.8) is 0 Å². The van der Waals surface area contributed by atoms with E-state index in [1.165, 1.54) is 12.0 Å².